The molecule has 2 N–H and O–H groups in total. The lowest BCUT2D eigenvalue weighted by Gasteiger charge is -2.29. The van der Waals surface area contributed by atoms with Crippen molar-refractivity contribution in [3.8, 4) is 5.75 Å². The van der Waals surface area contributed by atoms with E-state index < -0.39 is 37.2 Å². The highest BCUT2D eigenvalue weighted by atomic mass is 19.3. The van der Waals surface area contributed by atoms with Gasteiger partial charge in [-0.25, -0.2) is 14.4 Å². The lowest BCUT2D eigenvalue weighted by Crippen LogP contribution is -2.47. The van der Waals surface area contributed by atoms with Crippen LogP contribution in [0.1, 0.15) is 28.9 Å². The number of ether oxygens (including phenoxy) is 3. The molecule has 32 heavy (non-hydrogen) atoms. The van der Waals surface area contributed by atoms with Crippen molar-refractivity contribution in [2.75, 3.05) is 13.2 Å². The van der Waals surface area contributed by atoms with Gasteiger partial charge < -0.3 is 24.8 Å². The van der Waals surface area contributed by atoms with Gasteiger partial charge in [0.1, 0.15) is 12.4 Å². The fourth-order valence-corrected chi connectivity index (χ4v) is 3.10. The number of esters is 2. The molecule has 1 aliphatic heterocycles. The molecule has 0 unspecified atom stereocenters. The first-order valence-corrected chi connectivity index (χ1v) is 9.63. The summed E-state index contributed by atoms with van der Waals surface area (Å²) >= 11 is 0. The van der Waals surface area contributed by atoms with E-state index in [-0.39, 0.29) is 29.2 Å². The number of hydrogen-bond acceptors (Lipinski definition) is 6. The zero-order chi connectivity index (χ0) is 23.1. The quantitative estimate of drug-likeness (QED) is 0.603. The highest BCUT2D eigenvalue weighted by Gasteiger charge is 2.34. The highest BCUT2D eigenvalue weighted by molar-refractivity contribution is 5.95. The van der Waals surface area contributed by atoms with Crippen LogP contribution >= 0.6 is 0 Å². The minimum absolute atomic E-state index is 0.0405. The Labute approximate surface area is 182 Å². The number of alkyl halides is 2. The molecule has 0 aliphatic carbocycles. The molecule has 168 valence electrons. The first kappa shape index (κ1) is 22.7. The van der Waals surface area contributed by atoms with Crippen molar-refractivity contribution in [3.63, 3.8) is 0 Å². The lowest BCUT2D eigenvalue weighted by molar-refractivity contribution is -0.139. The standard InChI is InChI=1S/C22H20F2N2O6/c1-2-30-20(28)17-16(25-22(29)26-18(17)13-7-4-3-5-8-13)12-31-19(27)14-9-6-10-15(11-14)32-21(23)24/h3-11,18,21H,2,12H2,1H3,(H2,25,26,29)/t18-/m1/s1. The summed E-state index contributed by atoms with van der Waals surface area (Å²) in [5.74, 6) is -1.75. The van der Waals surface area contributed by atoms with E-state index in [0.29, 0.717) is 5.56 Å². The van der Waals surface area contributed by atoms with Gasteiger partial charge in [0, 0.05) is 0 Å². The molecule has 0 bridgehead atoms. The number of carbonyl (C=O) groups excluding carboxylic acids is 3. The number of hydrogen-bond donors (Lipinski definition) is 2. The minimum atomic E-state index is -3.04. The molecule has 2 aromatic rings. The monoisotopic (exact) mass is 446 g/mol. The van der Waals surface area contributed by atoms with Crippen molar-refractivity contribution < 1.29 is 37.4 Å². The Bertz CT molecular complexity index is 1030. The topological polar surface area (TPSA) is 103 Å². The van der Waals surface area contributed by atoms with Gasteiger partial charge in [-0.3, -0.25) is 0 Å². The van der Waals surface area contributed by atoms with E-state index in [0.717, 1.165) is 6.07 Å². The largest absolute Gasteiger partial charge is 0.463 e. The SMILES string of the molecule is CCOC(=O)C1=C(COC(=O)c2cccc(OC(F)F)c2)NC(=O)N[C@@H]1c1ccccc1. The summed E-state index contributed by atoms with van der Waals surface area (Å²) < 4.78 is 39.4. The second-order valence-corrected chi connectivity index (χ2v) is 6.54. The van der Waals surface area contributed by atoms with Crippen molar-refractivity contribution in [1.29, 1.82) is 0 Å². The van der Waals surface area contributed by atoms with Crippen LogP contribution < -0.4 is 15.4 Å². The Morgan fingerprint density at radius 2 is 1.78 bits per heavy atom. The molecule has 0 spiro atoms. The maximum Gasteiger partial charge on any atom is 0.387 e. The van der Waals surface area contributed by atoms with Crippen molar-refractivity contribution in [2.24, 2.45) is 0 Å². The summed E-state index contributed by atoms with van der Waals surface area (Å²) in [6, 6.07) is 12.4. The van der Waals surface area contributed by atoms with Gasteiger partial charge in [0.05, 0.1) is 29.5 Å². The average Bonchev–Trinajstić information content (AvgIpc) is 2.77. The number of nitrogens with one attached hydrogen (secondary N) is 2. The number of halogens is 2. The molecule has 0 fully saturated rings. The maximum atomic E-state index is 12.7. The van der Waals surface area contributed by atoms with Crippen molar-refractivity contribution >= 4 is 18.0 Å². The normalized spacial score (nSPS) is 15.6. The molecule has 2 amide bonds. The van der Waals surface area contributed by atoms with E-state index in [1.807, 2.05) is 0 Å². The van der Waals surface area contributed by atoms with E-state index >= 15 is 0 Å². The molecule has 0 aromatic heterocycles. The van der Waals surface area contributed by atoms with Gasteiger partial charge >= 0.3 is 24.6 Å². The van der Waals surface area contributed by atoms with Crippen LogP contribution in [0.2, 0.25) is 0 Å². The van der Waals surface area contributed by atoms with Crippen LogP contribution in [0.4, 0.5) is 13.6 Å². The van der Waals surface area contributed by atoms with Gasteiger partial charge in [0.15, 0.2) is 0 Å². The number of rotatable bonds is 8. The van der Waals surface area contributed by atoms with E-state index in [1.165, 1.54) is 18.2 Å². The molecule has 3 rings (SSSR count). The molecular weight excluding hydrogens is 426 g/mol. The van der Waals surface area contributed by atoms with Crippen LogP contribution in [-0.2, 0) is 14.3 Å². The Morgan fingerprint density at radius 3 is 2.47 bits per heavy atom. The number of benzene rings is 2. The fraction of sp³-hybridized carbons (Fsp3) is 0.227. The summed E-state index contributed by atoms with van der Waals surface area (Å²) in [4.78, 5) is 37.3. The predicted octanol–water partition coefficient (Wildman–Crippen LogP) is 3.32. The zero-order valence-corrected chi connectivity index (χ0v) is 17.0. The van der Waals surface area contributed by atoms with Gasteiger partial charge in [0.2, 0.25) is 0 Å². The molecule has 0 saturated carbocycles. The van der Waals surface area contributed by atoms with Crippen LogP contribution in [0.5, 0.6) is 5.75 Å². The smallest absolute Gasteiger partial charge is 0.387 e. The maximum absolute atomic E-state index is 12.7. The second-order valence-electron chi connectivity index (χ2n) is 6.54. The molecule has 0 radical (unpaired) electrons. The zero-order valence-electron chi connectivity index (χ0n) is 17.0. The molecule has 1 aliphatic rings. The van der Waals surface area contributed by atoms with E-state index in [4.69, 9.17) is 9.47 Å². The van der Waals surface area contributed by atoms with Gasteiger partial charge in [-0.1, -0.05) is 36.4 Å². The molecule has 0 saturated heterocycles. The number of urea groups is 1. The predicted molar refractivity (Wildman–Crippen MR) is 108 cm³/mol. The van der Waals surface area contributed by atoms with Crippen LogP contribution in [0.3, 0.4) is 0 Å². The summed E-state index contributed by atoms with van der Waals surface area (Å²) in [5.41, 5.74) is 0.724. The summed E-state index contributed by atoms with van der Waals surface area (Å²) in [6.07, 6.45) is 0. The fourth-order valence-electron chi connectivity index (χ4n) is 3.10. The lowest BCUT2D eigenvalue weighted by atomic mass is 9.95. The van der Waals surface area contributed by atoms with Gasteiger partial charge in [-0.2, -0.15) is 8.78 Å². The van der Waals surface area contributed by atoms with E-state index in [9.17, 15) is 23.2 Å². The minimum Gasteiger partial charge on any atom is -0.463 e. The molecule has 2 aromatic carbocycles. The van der Waals surface area contributed by atoms with E-state index in [1.54, 1.807) is 37.3 Å². The Kier molecular flexibility index (Phi) is 7.37. The number of carbonyl (C=O) groups is 3. The highest BCUT2D eigenvalue weighted by Crippen LogP contribution is 2.28. The van der Waals surface area contributed by atoms with Crippen molar-refractivity contribution in [1.82, 2.24) is 10.6 Å². The Morgan fingerprint density at radius 1 is 1.03 bits per heavy atom. The second kappa shape index (κ2) is 10.4. The Hall–Kier alpha value is -3.95. The third-order valence-corrected chi connectivity index (χ3v) is 4.42. The summed E-state index contributed by atoms with van der Waals surface area (Å²) in [6.45, 7) is -1.76. The molecule has 8 nitrogen and oxygen atoms in total. The third-order valence-electron chi connectivity index (χ3n) is 4.42. The third kappa shape index (κ3) is 5.60. The van der Waals surface area contributed by atoms with Crippen LogP contribution in [0.25, 0.3) is 0 Å². The first-order chi connectivity index (χ1) is 15.4. The first-order valence-electron chi connectivity index (χ1n) is 9.63. The van der Waals surface area contributed by atoms with Crippen LogP contribution in [0, 0.1) is 0 Å². The number of amides is 2. The van der Waals surface area contributed by atoms with E-state index in [2.05, 4.69) is 15.4 Å². The van der Waals surface area contributed by atoms with Crippen molar-refractivity contribution in [2.45, 2.75) is 19.6 Å². The summed E-state index contributed by atoms with van der Waals surface area (Å²) in [5, 5.41) is 5.14. The Balaban J connectivity index is 1.86. The molecule has 1 atom stereocenters. The van der Waals surface area contributed by atoms with Crippen LogP contribution in [-0.4, -0.2) is 37.8 Å². The average molecular weight is 446 g/mol. The summed E-state index contributed by atoms with van der Waals surface area (Å²) in [7, 11) is 0. The van der Waals surface area contributed by atoms with Crippen LogP contribution in [0.15, 0.2) is 65.9 Å². The van der Waals surface area contributed by atoms with Gasteiger partial charge in [0.25, 0.3) is 0 Å². The molecular formula is C22H20F2N2O6. The van der Waals surface area contributed by atoms with Gasteiger partial charge in [-0.15, -0.1) is 0 Å². The molecule has 1 heterocycles. The van der Waals surface area contributed by atoms with Crippen molar-refractivity contribution in [3.05, 3.63) is 77.0 Å². The molecule has 10 heteroatoms. The van der Waals surface area contributed by atoms with Gasteiger partial charge in [-0.05, 0) is 30.7 Å².